The van der Waals surface area contributed by atoms with Gasteiger partial charge in [-0.2, -0.15) is 0 Å². The molecule has 6 heteroatoms. The number of benzene rings is 3. The van der Waals surface area contributed by atoms with Crippen LogP contribution in [0, 0.1) is 0 Å². The Hall–Kier alpha value is -1.96. The van der Waals surface area contributed by atoms with E-state index in [-0.39, 0.29) is 0 Å². The minimum absolute atomic E-state index is 0.421. The molecule has 0 unspecified atom stereocenters. The number of rotatable bonds is 7. The van der Waals surface area contributed by atoms with E-state index in [9.17, 15) is 5.11 Å². The Balaban J connectivity index is 1.20. The lowest BCUT2D eigenvalue weighted by Gasteiger charge is -2.35. The molecule has 5 rings (SSSR count). The largest absolute Gasteiger partial charge is 0.390 e. The fourth-order valence-corrected chi connectivity index (χ4v) is 5.59. The van der Waals surface area contributed by atoms with E-state index in [0.29, 0.717) is 13.1 Å². The lowest BCUT2D eigenvalue weighted by atomic mass is 10.2. The van der Waals surface area contributed by atoms with E-state index in [1.165, 1.54) is 16.3 Å². The Morgan fingerprint density at radius 2 is 1.35 bits per heavy atom. The van der Waals surface area contributed by atoms with Gasteiger partial charge >= 0.3 is 0 Å². The summed E-state index contributed by atoms with van der Waals surface area (Å²) < 4.78 is 4.39. The van der Waals surface area contributed by atoms with Gasteiger partial charge in [0.05, 0.1) is 12.6 Å². The smallest absolute Gasteiger partial charge is 0.0845 e. The van der Waals surface area contributed by atoms with Crippen LogP contribution < -0.4 is 0 Å². The highest BCUT2D eigenvalue weighted by atomic mass is 79.9. The van der Waals surface area contributed by atoms with Crippen molar-refractivity contribution in [1.29, 1.82) is 0 Å². The third-order valence-corrected chi connectivity index (χ3v) is 7.58. The number of hydrogen-bond donors (Lipinski definition) is 1. The van der Waals surface area contributed by atoms with E-state index in [0.717, 1.165) is 52.7 Å². The van der Waals surface area contributed by atoms with Gasteiger partial charge in [-0.15, -0.1) is 0 Å². The molecule has 1 fully saturated rings. The molecular weight excluding hydrogens is 554 g/mol. The van der Waals surface area contributed by atoms with E-state index < -0.39 is 6.10 Å². The summed E-state index contributed by atoms with van der Waals surface area (Å²) in [6.07, 6.45) is 4.02. The molecule has 0 aliphatic carbocycles. The molecule has 1 N–H and O–H groups in total. The molecule has 4 aromatic rings. The van der Waals surface area contributed by atoms with Gasteiger partial charge < -0.3 is 9.67 Å². The molecule has 0 spiro atoms. The standard InChI is InChI=1S/C28H29Br2N3O/c29-22-8-10-27-25(17-22)26-18-23(30)9-11-28(26)33(27)20-24(34)19-32-15-13-31(14-16-32)12-4-7-21-5-2-1-3-6-21/h1-11,17-18,24,34H,12-16,19-20H2/b7-4+/t24-/m1/s1. The second-order valence-corrected chi connectivity index (χ2v) is 10.8. The lowest BCUT2D eigenvalue weighted by Crippen LogP contribution is -2.48. The molecular formula is C28H29Br2N3O. The van der Waals surface area contributed by atoms with Crippen molar-refractivity contribution in [2.24, 2.45) is 0 Å². The normalized spacial score (nSPS) is 16.7. The van der Waals surface area contributed by atoms with Crippen molar-refractivity contribution >= 4 is 59.7 Å². The van der Waals surface area contributed by atoms with Gasteiger partial charge in [-0.05, 0) is 42.0 Å². The predicted octanol–water partition coefficient (Wildman–Crippen LogP) is 6.01. The van der Waals surface area contributed by atoms with Gasteiger partial charge in [-0.25, -0.2) is 0 Å². The first kappa shape index (κ1) is 23.8. The lowest BCUT2D eigenvalue weighted by molar-refractivity contribution is 0.0688. The molecule has 1 aromatic heterocycles. The van der Waals surface area contributed by atoms with E-state index >= 15 is 0 Å². The predicted molar refractivity (Wildman–Crippen MR) is 149 cm³/mol. The monoisotopic (exact) mass is 581 g/mol. The second kappa shape index (κ2) is 10.8. The third-order valence-electron chi connectivity index (χ3n) is 6.59. The van der Waals surface area contributed by atoms with Crippen LogP contribution in [-0.4, -0.2) is 64.8 Å². The number of hydrogen-bond acceptors (Lipinski definition) is 3. The van der Waals surface area contributed by atoms with Crippen molar-refractivity contribution in [2.45, 2.75) is 12.6 Å². The van der Waals surface area contributed by atoms with E-state index in [1.807, 2.05) is 6.07 Å². The Morgan fingerprint density at radius 1 is 0.765 bits per heavy atom. The molecule has 1 saturated heterocycles. The van der Waals surface area contributed by atoms with Crippen LogP contribution in [0.3, 0.4) is 0 Å². The summed E-state index contributed by atoms with van der Waals surface area (Å²) in [6.45, 7) is 6.29. The van der Waals surface area contributed by atoms with Crippen LogP contribution in [0.1, 0.15) is 5.56 Å². The number of fused-ring (bicyclic) bond motifs is 3. The second-order valence-electron chi connectivity index (χ2n) is 9.00. The molecule has 0 amide bonds. The molecule has 0 saturated carbocycles. The van der Waals surface area contributed by atoms with Crippen molar-refractivity contribution < 1.29 is 5.11 Å². The van der Waals surface area contributed by atoms with Crippen molar-refractivity contribution in [1.82, 2.24) is 14.4 Å². The van der Waals surface area contributed by atoms with Crippen molar-refractivity contribution in [2.75, 3.05) is 39.3 Å². The highest BCUT2D eigenvalue weighted by Crippen LogP contribution is 2.33. The summed E-state index contributed by atoms with van der Waals surface area (Å²) in [5, 5.41) is 13.4. The van der Waals surface area contributed by atoms with Crippen LogP contribution in [0.15, 0.2) is 81.8 Å². The molecule has 1 aliphatic rings. The minimum atomic E-state index is -0.421. The Labute approximate surface area is 217 Å². The van der Waals surface area contributed by atoms with Crippen LogP contribution in [0.25, 0.3) is 27.9 Å². The molecule has 1 aliphatic heterocycles. The topological polar surface area (TPSA) is 31.6 Å². The van der Waals surface area contributed by atoms with Crippen LogP contribution in [0.5, 0.6) is 0 Å². The van der Waals surface area contributed by atoms with Crippen molar-refractivity contribution in [3.05, 3.63) is 87.3 Å². The van der Waals surface area contributed by atoms with Crippen LogP contribution in [0.2, 0.25) is 0 Å². The number of halogens is 2. The fraction of sp³-hybridized carbons (Fsp3) is 0.286. The zero-order chi connectivity index (χ0) is 23.5. The van der Waals surface area contributed by atoms with Gasteiger partial charge in [-0.1, -0.05) is 74.3 Å². The van der Waals surface area contributed by atoms with Gasteiger partial charge in [0.15, 0.2) is 0 Å². The molecule has 0 bridgehead atoms. The van der Waals surface area contributed by atoms with Crippen LogP contribution in [0.4, 0.5) is 0 Å². The Bertz CT molecular complexity index is 1230. The van der Waals surface area contributed by atoms with Gasteiger partial charge in [0, 0.05) is 70.0 Å². The first-order valence-corrected chi connectivity index (χ1v) is 13.4. The first-order valence-electron chi connectivity index (χ1n) is 11.8. The number of aliphatic hydroxyl groups is 1. The maximum Gasteiger partial charge on any atom is 0.0845 e. The molecule has 34 heavy (non-hydrogen) atoms. The number of aliphatic hydroxyl groups excluding tert-OH is 1. The summed E-state index contributed by atoms with van der Waals surface area (Å²) in [4.78, 5) is 4.87. The summed E-state index contributed by atoms with van der Waals surface area (Å²) in [7, 11) is 0. The zero-order valence-electron chi connectivity index (χ0n) is 19.1. The minimum Gasteiger partial charge on any atom is -0.390 e. The summed E-state index contributed by atoms with van der Waals surface area (Å²) >= 11 is 7.22. The summed E-state index contributed by atoms with van der Waals surface area (Å²) in [6, 6.07) is 23.2. The Kier molecular flexibility index (Phi) is 7.52. The summed E-state index contributed by atoms with van der Waals surface area (Å²) in [5.74, 6) is 0. The number of nitrogens with zero attached hydrogens (tertiary/aromatic N) is 3. The van der Waals surface area contributed by atoms with Crippen LogP contribution >= 0.6 is 31.9 Å². The van der Waals surface area contributed by atoms with E-state index in [1.54, 1.807) is 0 Å². The Morgan fingerprint density at radius 3 is 1.97 bits per heavy atom. The van der Waals surface area contributed by atoms with Crippen molar-refractivity contribution in [3.8, 4) is 0 Å². The first-order chi connectivity index (χ1) is 16.6. The average Bonchev–Trinajstić information content (AvgIpc) is 3.12. The number of piperazine rings is 1. The number of aromatic nitrogens is 1. The molecule has 2 heterocycles. The van der Waals surface area contributed by atoms with Gasteiger partial charge in [0.1, 0.15) is 0 Å². The molecule has 176 valence electrons. The molecule has 3 aromatic carbocycles. The molecule has 1 atom stereocenters. The molecule has 4 nitrogen and oxygen atoms in total. The highest BCUT2D eigenvalue weighted by molar-refractivity contribution is 9.10. The van der Waals surface area contributed by atoms with Crippen molar-refractivity contribution in [3.63, 3.8) is 0 Å². The maximum absolute atomic E-state index is 11.0. The van der Waals surface area contributed by atoms with E-state index in [4.69, 9.17) is 0 Å². The van der Waals surface area contributed by atoms with E-state index in [2.05, 4.69) is 119 Å². The summed E-state index contributed by atoms with van der Waals surface area (Å²) in [5.41, 5.74) is 3.56. The molecule has 0 radical (unpaired) electrons. The van der Waals surface area contributed by atoms with Gasteiger partial charge in [0.2, 0.25) is 0 Å². The maximum atomic E-state index is 11.0. The quantitative estimate of drug-likeness (QED) is 0.289. The number of β-amino-alcohol motifs (C(OH)–C–C–N with tert-alkyl or cyclic N) is 1. The SMILES string of the molecule is O[C@H](CN1CCN(C/C=C/c2ccccc2)CC1)Cn1c2ccc(Br)cc2c2cc(Br)ccc21. The third kappa shape index (κ3) is 5.47. The fourth-order valence-electron chi connectivity index (χ4n) is 4.87. The highest BCUT2D eigenvalue weighted by Gasteiger charge is 2.20. The van der Waals surface area contributed by atoms with Gasteiger partial charge in [0.25, 0.3) is 0 Å². The van der Waals surface area contributed by atoms with Crippen LogP contribution in [-0.2, 0) is 6.54 Å². The van der Waals surface area contributed by atoms with Gasteiger partial charge in [-0.3, -0.25) is 9.80 Å². The average molecular weight is 583 g/mol. The zero-order valence-corrected chi connectivity index (χ0v) is 22.2.